The van der Waals surface area contributed by atoms with E-state index in [-0.39, 0.29) is 31.0 Å². The van der Waals surface area contributed by atoms with Crippen LogP contribution in [0.2, 0.25) is 0 Å². The fraction of sp³-hybridized carbons (Fsp3) is 0.562. The molecule has 0 saturated carbocycles. The quantitative estimate of drug-likeness (QED) is 0.781. The zero-order valence-electron chi connectivity index (χ0n) is 13.8. The Labute approximate surface area is 143 Å². The normalized spacial score (nSPS) is 16.8. The lowest BCUT2D eigenvalue weighted by Gasteiger charge is -2.15. The Morgan fingerprint density at radius 1 is 1.52 bits per heavy atom. The van der Waals surface area contributed by atoms with Crippen LogP contribution in [0.4, 0.5) is 0 Å². The average molecular weight is 345 g/mol. The van der Waals surface area contributed by atoms with Gasteiger partial charge >= 0.3 is 0 Å². The van der Waals surface area contributed by atoms with Crippen LogP contribution in [0.15, 0.2) is 12.1 Å². The number of carbonyl (C=O) groups is 1. The lowest BCUT2D eigenvalue weighted by atomic mass is 10.1. The van der Waals surface area contributed by atoms with Crippen molar-refractivity contribution < 1.29 is 19.0 Å². The van der Waals surface area contributed by atoms with Crippen LogP contribution >= 0.6 is 12.4 Å². The predicted molar refractivity (Wildman–Crippen MR) is 90.4 cm³/mol. The molecule has 0 aromatic heterocycles. The molecule has 0 fully saturated rings. The van der Waals surface area contributed by atoms with E-state index >= 15 is 0 Å². The molecule has 2 rings (SSSR count). The number of halogens is 1. The Bertz CT molecular complexity index is 539. The smallest absolute Gasteiger partial charge is 0.239 e. The first-order chi connectivity index (χ1) is 10.5. The van der Waals surface area contributed by atoms with Crippen molar-refractivity contribution >= 4 is 18.3 Å². The molecule has 0 aliphatic carbocycles. The summed E-state index contributed by atoms with van der Waals surface area (Å²) in [5.74, 6) is 1.39. The van der Waals surface area contributed by atoms with Gasteiger partial charge in [-0.05, 0) is 26.0 Å². The van der Waals surface area contributed by atoms with Crippen LogP contribution in [-0.2, 0) is 22.5 Å². The van der Waals surface area contributed by atoms with Crippen LogP contribution in [0.3, 0.4) is 0 Å². The Hall–Kier alpha value is -1.50. The molecule has 6 nitrogen and oxygen atoms in total. The molecule has 23 heavy (non-hydrogen) atoms. The predicted octanol–water partition coefficient (Wildman–Crippen LogP) is 1.42. The van der Waals surface area contributed by atoms with Crippen molar-refractivity contribution in [2.24, 2.45) is 5.73 Å². The molecule has 1 aliphatic rings. The number of amides is 1. The molecule has 3 N–H and O–H groups in total. The second-order valence-corrected chi connectivity index (χ2v) is 5.41. The topological polar surface area (TPSA) is 82.8 Å². The Balaban J connectivity index is 0.00000264. The van der Waals surface area contributed by atoms with Crippen LogP contribution in [0, 0.1) is 0 Å². The van der Waals surface area contributed by atoms with Crippen LogP contribution in [0.25, 0.3) is 0 Å². The van der Waals surface area contributed by atoms with Crippen LogP contribution in [0.5, 0.6) is 11.5 Å². The first-order valence-corrected chi connectivity index (χ1v) is 7.52. The van der Waals surface area contributed by atoms with Crippen molar-refractivity contribution in [3.05, 3.63) is 23.3 Å². The molecule has 1 aliphatic heterocycles. The van der Waals surface area contributed by atoms with Crippen LogP contribution < -0.4 is 20.5 Å². The van der Waals surface area contributed by atoms with Gasteiger partial charge in [-0.15, -0.1) is 12.4 Å². The Morgan fingerprint density at radius 2 is 2.26 bits per heavy atom. The number of methoxy groups -OCH3 is 1. The SMILES string of the molecule is CCOc1cc2c(cc1CNC(=O)C(N)COC)OC(C)C2.Cl. The fourth-order valence-corrected chi connectivity index (χ4v) is 2.48. The van der Waals surface area contributed by atoms with Gasteiger partial charge in [-0.25, -0.2) is 0 Å². The van der Waals surface area contributed by atoms with E-state index in [1.54, 1.807) is 0 Å². The van der Waals surface area contributed by atoms with Gasteiger partial charge in [-0.3, -0.25) is 4.79 Å². The fourth-order valence-electron chi connectivity index (χ4n) is 2.48. The summed E-state index contributed by atoms with van der Waals surface area (Å²) < 4.78 is 16.3. The molecular formula is C16H25ClN2O4. The second kappa shape index (κ2) is 8.96. The Kier molecular flexibility index (Phi) is 7.61. The Morgan fingerprint density at radius 3 is 2.91 bits per heavy atom. The number of hydrogen-bond donors (Lipinski definition) is 2. The van der Waals surface area contributed by atoms with E-state index in [1.807, 2.05) is 26.0 Å². The van der Waals surface area contributed by atoms with E-state index in [0.29, 0.717) is 13.2 Å². The van der Waals surface area contributed by atoms with Crippen molar-refractivity contribution in [1.82, 2.24) is 5.32 Å². The summed E-state index contributed by atoms with van der Waals surface area (Å²) in [6, 6.07) is 3.26. The molecule has 2 atom stereocenters. The van der Waals surface area contributed by atoms with Crippen molar-refractivity contribution in [3.63, 3.8) is 0 Å². The minimum atomic E-state index is -0.675. The minimum absolute atomic E-state index is 0. The highest BCUT2D eigenvalue weighted by Gasteiger charge is 2.22. The average Bonchev–Trinajstić information content (AvgIpc) is 2.84. The highest BCUT2D eigenvalue weighted by atomic mass is 35.5. The van der Waals surface area contributed by atoms with E-state index < -0.39 is 6.04 Å². The number of hydrogen-bond acceptors (Lipinski definition) is 5. The van der Waals surface area contributed by atoms with Gasteiger partial charge in [0.15, 0.2) is 0 Å². The van der Waals surface area contributed by atoms with Crippen LogP contribution in [0.1, 0.15) is 25.0 Å². The molecule has 7 heteroatoms. The number of rotatable bonds is 7. The third-order valence-corrected chi connectivity index (χ3v) is 3.52. The highest BCUT2D eigenvalue weighted by molar-refractivity contribution is 5.85. The highest BCUT2D eigenvalue weighted by Crippen LogP contribution is 2.35. The zero-order valence-corrected chi connectivity index (χ0v) is 14.6. The summed E-state index contributed by atoms with van der Waals surface area (Å²) >= 11 is 0. The third-order valence-electron chi connectivity index (χ3n) is 3.52. The van der Waals surface area contributed by atoms with Crippen molar-refractivity contribution in [2.75, 3.05) is 20.3 Å². The van der Waals surface area contributed by atoms with Gasteiger partial charge in [0.05, 0.1) is 13.2 Å². The number of ether oxygens (including phenoxy) is 3. The van der Waals surface area contributed by atoms with E-state index in [9.17, 15) is 4.79 Å². The molecule has 0 radical (unpaired) electrons. The van der Waals surface area contributed by atoms with Gasteiger partial charge in [0, 0.05) is 31.2 Å². The molecule has 0 saturated heterocycles. The van der Waals surface area contributed by atoms with E-state index in [1.165, 1.54) is 7.11 Å². The van der Waals surface area contributed by atoms with Gasteiger partial charge in [-0.2, -0.15) is 0 Å². The molecule has 1 aromatic rings. The van der Waals surface area contributed by atoms with Crippen LogP contribution in [-0.4, -0.2) is 38.4 Å². The van der Waals surface area contributed by atoms with Gasteiger partial charge in [0.2, 0.25) is 5.91 Å². The van der Waals surface area contributed by atoms with Crippen molar-refractivity contribution in [3.8, 4) is 11.5 Å². The molecule has 0 bridgehead atoms. The maximum absolute atomic E-state index is 11.9. The van der Waals surface area contributed by atoms with Crippen molar-refractivity contribution in [2.45, 2.75) is 39.0 Å². The number of carbonyl (C=O) groups excluding carboxylic acids is 1. The summed E-state index contributed by atoms with van der Waals surface area (Å²) in [5, 5.41) is 2.81. The lowest BCUT2D eigenvalue weighted by Crippen LogP contribution is -2.43. The summed E-state index contributed by atoms with van der Waals surface area (Å²) in [6.45, 7) is 5.07. The number of nitrogens with one attached hydrogen (secondary N) is 1. The lowest BCUT2D eigenvalue weighted by molar-refractivity contribution is -0.123. The zero-order chi connectivity index (χ0) is 16.1. The number of nitrogens with two attached hydrogens (primary N) is 1. The molecule has 1 heterocycles. The largest absolute Gasteiger partial charge is 0.494 e. The molecule has 0 spiro atoms. The number of benzene rings is 1. The maximum Gasteiger partial charge on any atom is 0.239 e. The number of fused-ring (bicyclic) bond motifs is 1. The summed E-state index contributed by atoms with van der Waals surface area (Å²) in [4.78, 5) is 11.9. The van der Waals surface area contributed by atoms with Crippen molar-refractivity contribution in [1.29, 1.82) is 0 Å². The monoisotopic (exact) mass is 344 g/mol. The van der Waals surface area contributed by atoms with E-state index in [2.05, 4.69) is 5.32 Å². The minimum Gasteiger partial charge on any atom is -0.494 e. The van der Waals surface area contributed by atoms with E-state index in [0.717, 1.165) is 29.0 Å². The summed E-state index contributed by atoms with van der Waals surface area (Å²) in [5.41, 5.74) is 7.73. The van der Waals surface area contributed by atoms with Gasteiger partial charge < -0.3 is 25.3 Å². The third kappa shape index (κ3) is 4.99. The molecule has 1 amide bonds. The summed E-state index contributed by atoms with van der Waals surface area (Å²) in [7, 11) is 1.51. The van der Waals surface area contributed by atoms with E-state index in [4.69, 9.17) is 19.9 Å². The second-order valence-electron chi connectivity index (χ2n) is 5.41. The first kappa shape index (κ1) is 19.5. The molecule has 2 unspecified atom stereocenters. The first-order valence-electron chi connectivity index (χ1n) is 7.52. The molecule has 130 valence electrons. The summed E-state index contributed by atoms with van der Waals surface area (Å²) in [6.07, 6.45) is 1.05. The molecule has 1 aromatic carbocycles. The maximum atomic E-state index is 11.9. The van der Waals surface area contributed by atoms with Gasteiger partial charge in [0.25, 0.3) is 0 Å². The van der Waals surface area contributed by atoms with Gasteiger partial charge in [0.1, 0.15) is 23.6 Å². The standard InChI is InChI=1S/C16H24N2O4.ClH/c1-4-21-14-6-11-5-10(2)22-15(11)7-12(14)8-18-16(19)13(17)9-20-3;/h6-7,10,13H,4-5,8-9,17H2,1-3H3,(H,18,19);1H. The molecular weight excluding hydrogens is 320 g/mol. The van der Waals surface area contributed by atoms with Gasteiger partial charge in [-0.1, -0.05) is 0 Å².